The van der Waals surface area contributed by atoms with Crippen LogP contribution in [-0.2, 0) is 16.0 Å². The second kappa shape index (κ2) is 6.59. The van der Waals surface area contributed by atoms with Gasteiger partial charge < -0.3 is 14.2 Å². The minimum absolute atomic E-state index is 0.259. The first-order valence-corrected chi connectivity index (χ1v) is 9.02. The summed E-state index contributed by atoms with van der Waals surface area (Å²) < 4.78 is 11.2. The molecule has 0 spiro atoms. The van der Waals surface area contributed by atoms with Gasteiger partial charge in [0.25, 0.3) is 0 Å². The van der Waals surface area contributed by atoms with Crippen LogP contribution in [0.15, 0.2) is 4.52 Å². The number of carbonyl (C=O) groups excluding carboxylic acids is 1. The van der Waals surface area contributed by atoms with Crippen LogP contribution in [0.3, 0.4) is 0 Å². The molecule has 0 unspecified atom stereocenters. The van der Waals surface area contributed by atoms with Crippen molar-refractivity contribution in [1.29, 1.82) is 0 Å². The van der Waals surface area contributed by atoms with Gasteiger partial charge in [0.05, 0.1) is 12.7 Å². The van der Waals surface area contributed by atoms with Crippen molar-refractivity contribution >= 4 is 5.91 Å². The maximum atomic E-state index is 12.2. The molecule has 23 heavy (non-hydrogen) atoms. The van der Waals surface area contributed by atoms with E-state index in [1.165, 1.54) is 19.3 Å². The van der Waals surface area contributed by atoms with Gasteiger partial charge in [-0.15, -0.1) is 0 Å². The highest BCUT2D eigenvalue weighted by Gasteiger charge is 2.32. The maximum absolute atomic E-state index is 12.2. The first kappa shape index (κ1) is 15.1. The molecule has 1 saturated heterocycles. The summed E-state index contributed by atoms with van der Waals surface area (Å²) in [5, 5.41) is 4.01. The van der Waals surface area contributed by atoms with E-state index in [1.807, 2.05) is 4.90 Å². The van der Waals surface area contributed by atoms with Gasteiger partial charge in [0.1, 0.15) is 0 Å². The fraction of sp³-hybridized carbons (Fsp3) is 0.824. The Hall–Kier alpha value is -1.43. The number of nitrogens with zero attached hydrogens (tertiary/aromatic N) is 3. The molecule has 0 atom stereocenters. The van der Waals surface area contributed by atoms with Crippen molar-refractivity contribution < 1.29 is 14.1 Å². The Bertz CT molecular complexity index is 543. The van der Waals surface area contributed by atoms with Gasteiger partial charge in [-0.05, 0) is 38.5 Å². The molecule has 3 aliphatic rings. The summed E-state index contributed by atoms with van der Waals surface area (Å²) in [4.78, 5) is 18.7. The minimum Gasteiger partial charge on any atom is -0.378 e. The predicted molar refractivity (Wildman–Crippen MR) is 82.9 cm³/mol. The van der Waals surface area contributed by atoms with E-state index < -0.39 is 0 Å². The number of aromatic nitrogens is 2. The van der Waals surface area contributed by atoms with Gasteiger partial charge in [0.15, 0.2) is 5.82 Å². The van der Waals surface area contributed by atoms with Crippen LogP contribution in [0.2, 0.25) is 0 Å². The summed E-state index contributed by atoms with van der Waals surface area (Å²) in [7, 11) is 0. The molecule has 1 aromatic rings. The Balaban J connectivity index is 1.15. The third kappa shape index (κ3) is 3.57. The summed E-state index contributed by atoms with van der Waals surface area (Å²) in [6, 6.07) is 0. The van der Waals surface area contributed by atoms with Crippen molar-refractivity contribution in [3.8, 4) is 0 Å². The molecular weight excluding hydrogens is 294 g/mol. The SMILES string of the molecule is O=C(C1CCC1)N1CCC(OCCc2noc(C3CC3)n2)CC1. The normalized spacial score (nSPS) is 23.0. The second-order valence-corrected chi connectivity index (χ2v) is 7.10. The fourth-order valence-electron chi connectivity index (χ4n) is 3.34. The van der Waals surface area contributed by atoms with Crippen LogP contribution < -0.4 is 0 Å². The maximum Gasteiger partial charge on any atom is 0.229 e. The zero-order chi connectivity index (χ0) is 15.6. The van der Waals surface area contributed by atoms with E-state index in [4.69, 9.17) is 9.26 Å². The Morgan fingerprint density at radius 3 is 2.61 bits per heavy atom. The summed E-state index contributed by atoms with van der Waals surface area (Å²) >= 11 is 0. The lowest BCUT2D eigenvalue weighted by atomic mass is 9.84. The monoisotopic (exact) mass is 319 g/mol. The van der Waals surface area contributed by atoms with E-state index in [2.05, 4.69) is 10.1 Å². The number of rotatable bonds is 6. The van der Waals surface area contributed by atoms with Gasteiger partial charge in [-0.1, -0.05) is 11.6 Å². The molecule has 3 fully saturated rings. The molecule has 0 N–H and O–H groups in total. The number of piperidine rings is 1. The standard InChI is InChI=1S/C17H25N3O3/c21-17(13-2-1-3-13)20-9-6-14(7-10-20)22-11-8-15-18-16(23-19-15)12-4-5-12/h12-14H,1-11H2. The van der Waals surface area contributed by atoms with Crippen LogP contribution in [0, 0.1) is 5.92 Å². The molecule has 126 valence electrons. The molecule has 4 rings (SSSR count). The Kier molecular flexibility index (Phi) is 4.33. The van der Waals surface area contributed by atoms with Gasteiger partial charge in [0.2, 0.25) is 11.8 Å². The highest BCUT2D eigenvalue weighted by Crippen LogP contribution is 2.38. The van der Waals surface area contributed by atoms with Gasteiger partial charge >= 0.3 is 0 Å². The smallest absolute Gasteiger partial charge is 0.229 e. The Morgan fingerprint density at radius 1 is 1.17 bits per heavy atom. The lowest BCUT2D eigenvalue weighted by Crippen LogP contribution is -2.45. The lowest BCUT2D eigenvalue weighted by molar-refractivity contribution is -0.140. The van der Waals surface area contributed by atoms with Gasteiger partial charge in [0, 0.05) is 31.3 Å². The number of carbonyl (C=O) groups is 1. The van der Waals surface area contributed by atoms with E-state index in [0.717, 1.165) is 50.5 Å². The minimum atomic E-state index is 0.259. The van der Waals surface area contributed by atoms with E-state index in [9.17, 15) is 4.79 Å². The van der Waals surface area contributed by atoms with Crippen LogP contribution in [0.25, 0.3) is 0 Å². The van der Waals surface area contributed by atoms with E-state index in [0.29, 0.717) is 30.8 Å². The average Bonchev–Trinajstić information content (AvgIpc) is 3.26. The number of amides is 1. The van der Waals surface area contributed by atoms with Crippen molar-refractivity contribution in [1.82, 2.24) is 15.0 Å². The van der Waals surface area contributed by atoms with Crippen LogP contribution in [0.4, 0.5) is 0 Å². The fourth-order valence-corrected chi connectivity index (χ4v) is 3.34. The molecule has 1 aliphatic heterocycles. The van der Waals surface area contributed by atoms with Crippen molar-refractivity contribution in [2.45, 2.75) is 63.4 Å². The number of hydrogen-bond acceptors (Lipinski definition) is 5. The third-order valence-electron chi connectivity index (χ3n) is 5.30. The van der Waals surface area contributed by atoms with Crippen LogP contribution >= 0.6 is 0 Å². The first-order chi connectivity index (χ1) is 11.3. The van der Waals surface area contributed by atoms with E-state index >= 15 is 0 Å². The molecule has 2 heterocycles. The summed E-state index contributed by atoms with van der Waals surface area (Å²) in [6.07, 6.45) is 8.59. The lowest BCUT2D eigenvalue weighted by Gasteiger charge is -2.36. The van der Waals surface area contributed by atoms with Gasteiger partial charge in [-0.2, -0.15) is 4.98 Å². The largest absolute Gasteiger partial charge is 0.378 e. The zero-order valence-electron chi connectivity index (χ0n) is 13.6. The first-order valence-electron chi connectivity index (χ1n) is 9.02. The van der Waals surface area contributed by atoms with Crippen LogP contribution in [0.1, 0.15) is 62.6 Å². The summed E-state index contributed by atoms with van der Waals surface area (Å²) in [6.45, 7) is 2.31. The molecule has 6 nitrogen and oxygen atoms in total. The predicted octanol–water partition coefficient (Wildman–Crippen LogP) is 2.30. The topological polar surface area (TPSA) is 68.5 Å². The van der Waals surface area contributed by atoms with E-state index in [1.54, 1.807) is 0 Å². The molecular formula is C17H25N3O3. The third-order valence-corrected chi connectivity index (χ3v) is 5.30. The quantitative estimate of drug-likeness (QED) is 0.805. The molecule has 0 aromatic carbocycles. The molecule has 1 amide bonds. The van der Waals surface area contributed by atoms with Crippen molar-refractivity contribution in [2.75, 3.05) is 19.7 Å². The Labute approximate surface area is 136 Å². The van der Waals surface area contributed by atoms with Crippen molar-refractivity contribution in [3.63, 3.8) is 0 Å². The van der Waals surface area contributed by atoms with Crippen LogP contribution in [0.5, 0.6) is 0 Å². The Morgan fingerprint density at radius 2 is 1.96 bits per heavy atom. The number of likely N-dealkylation sites (tertiary alicyclic amines) is 1. The zero-order valence-corrected chi connectivity index (χ0v) is 13.6. The highest BCUT2D eigenvalue weighted by molar-refractivity contribution is 5.79. The second-order valence-electron chi connectivity index (χ2n) is 7.10. The summed E-state index contributed by atoms with van der Waals surface area (Å²) in [5.41, 5.74) is 0. The molecule has 1 aromatic heterocycles. The molecule has 2 aliphatic carbocycles. The average molecular weight is 319 g/mol. The highest BCUT2D eigenvalue weighted by atomic mass is 16.5. The molecule has 6 heteroatoms. The summed E-state index contributed by atoms with van der Waals surface area (Å²) in [5.74, 6) is 2.74. The number of hydrogen-bond donors (Lipinski definition) is 0. The van der Waals surface area contributed by atoms with E-state index in [-0.39, 0.29) is 6.10 Å². The van der Waals surface area contributed by atoms with Gasteiger partial charge in [-0.25, -0.2) is 0 Å². The van der Waals surface area contributed by atoms with Gasteiger partial charge in [-0.3, -0.25) is 4.79 Å². The molecule has 0 radical (unpaired) electrons. The van der Waals surface area contributed by atoms with Crippen molar-refractivity contribution in [3.05, 3.63) is 11.7 Å². The molecule has 2 saturated carbocycles. The van der Waals surface area contributed by atoms with Crippen molar-refractivity contribution in [2.24, 2.45) is 5.92 Å². The number of ether oxygens (including phenoxy) is 1. The molecule has 0 bridgehead atoms. The van der Waals surface area contributed by atoms with Crippen LogP contribution in [-0.4, -0.2) is 46.7 Å².